The van der Waals surface area contributed by atoms with Gasteiger partial charge in [-0.25, -0.2) is 4.79 Å². The Hall–Kier alpha value is -1.12. The first kappa shape index (κ1) is 9.88. The molecule has 0 amide bonds. The molecule has 0 saturated carbocycles. The molecule has 0 radical (unpaired) electrons. The minimum absolute atomic E-state index is 0.407. The number of hydrogen-bond acceptors (Lipinski definition) is 4. The molecule has 8 heteroatoms. The number of aromatic nitrogens is 1. The van der Waals surface area contributed by atoms with E-state index >= 15 is 0 Å². The van der Waals surface area contributed by atoms with Crippen molar-refractivity contribution in [2.75, 3.05) is 0 Å². The highest BCUT2D eigenvalue weighted by molar-refractivity contribution is 7.79. The van der Waals surface area contributed by atoms with Crippen LogP contribution in [-0.2, 0) is 10.4 Å². The van der Waals surface area contributed by atoms with Gasteiger partial charge in [-0.15, -0.1) is 0 Å². The van der Waals surface area contributed by atoms with Crippen molar-refractivity contribution in [3.05, 3.63) is 23.0 Å². The number of nitrogens with one attached hydrogen (secondary N) is 1. The molecule has 0 spiro atoms. The average molecular weight is 183 g/mol. The molecule has 1 heterocycles. The van der Waals surface area contributed by atoms with Crippen LogP contribution in [0.3, 0.4) is 0 Å². The summed E-state index contributed by atoms with van der Waals surface area (Å²) in [6, 6.07) is 0. The monoisotopic (exact) mass is 183 g/mol. The molecule has 0 saturated heterocycles. The number of oxazole rings is 1. The fourth-order valence-electron chi connectivity index (χ4n) is 0.232. The van der Waals surface area contributed by atoms with E-state index in [1.54, 1.807) is 0 Å². The smallest absolute Gasteiger partial charge is 0.416 e. The third kappa shape index (κ3) is 12.2. The van der Waals surface area contributed by atoms with Crippen LogP contribution in [0, 0.1) is 0 Å². The minimum Gasteiger partial charge on any atom is -0.417 e. The maximum absolute atomic E-state index is 9.85. The predicted molar refractivity (Wildman–Crippen MR) is 33.5 cm³/mol. The molecule has 0 aliphatic rings. The zero-order chi connectivity index (χ0) is 8.91. The number of rotatable bonds is 0. The van der Waals surface area contributed by atoms with Gasteiger partial charge < -0.3 is 4.42 Å². The van der Waals surface area contributed by atoms with Crippen molar-refractivity contribution in [1.82, 2.24) is 4.98 Å². The molecule has 0 unspecified atom stereocenters. The molecule has 3 N–H and O–H groups in total. The van der Waals surface area contributed by atoms with Crippen LogP contribution in [0.25, 0.3) is 0 Å². The molecular weight excluding hydrogens is 178 g/mol. The van der Waals surface area contributed by atoms with Crippen molar-refractivity contribution in [3.8, 4) is 0 Å². The van der Waals surface area contributed by atoms with Crippen LogP contribution in [0.15, 0.2) is 21.7 Å². The van der Waals surface area contributed by atoms with Gasteiger partial charge in [-0.2, -0.15) is 8.42 Å². The SMILES string of the molecule is O=S(=O)(O)O.O=c1[nH]cco1. The molecule has 0 fully saturated rings. The van der Waals surface area contributed by atoms with E-state index in [4.69, 9.17) is 17.5 Å². The lowest BCUT2D eigenvalue weighted by molar-refractivity contribution is 0.381. The van der Waals surface area contributed by atoms with E-state index in [1.165, 1.54) is 12.5 Å². The topological polar surface area (TPSA) is 121 Å². The van der Waals surface area contributed by atoms with Gasteiger partial charge in [0, 0.05) is 6.20 Å². The van der Waals surface area contributed by atoms with Crippen LogP contribution in [0.2, 0.25) is 0 Å². The highest BCUT2D eigenvalue weighted by Crippen LogP contribution is 1.63. The Morgan fingerprint density at radius 2 is 1.91 bits per heavy atom. The first-order valence-electron chi connectivity index (χ1n) is 2.21. The summed E-state index contributed by atoms with van der Waals surface area (Å²) in [5.41, 5.74) is 0. The lowest BCUT2D eigenvalue weighted by Gasteiger charge is -1.68. The Kier molecular flexibility index (Phi) is 3.51. The zero-order valence-corrected chi connectivity index (χ0v) is 5.91. The highest BCUT2D eigenvalue weighted by Gasteiger charge is 1.84. The lowest BCUT2D eigenvalue weighted by atomic mass is 11.0. The van der Waals surface area contributed by atoms with E-state index in [1.807, 2.05) is 0 Å². The van der Waals surface area contributed by atoms with Gasteiger partial charge in [-0.3, -0.25) is 14.1 Å². The number of aromatic amines is 1. The molecule has 64 valence electrons. The Morgan fingerprint density at radius 1 is 1.45 bits per heavy atom. The second-order valence-electron chi connectivity index (χ2n) is 1.30. The lowest BCUT2D eigenvalue weighted by Crippen LogP contribution is -1.91. The molecule has 1 aromatic rings. The maximum atomic E-state index is 9.85. The summed E-state index contributed by atoms with van der Waals surface area (Å²) in [5, 5.41) is 0. The maximum Gasteiger partial charge on any atom is 0.416 e. The average Bonchev–Trinajstić information content (AvgIpc) is 2.12. The summed E-state index contributed by atoms with van der Waals surface area (Å²) in [6.45, 7) is 0. The van der Waals surface area contributed by atoms with Crippen LogP contribution in [-0.4, -0.2) is 22.5 Å². The Morgan fingerprint density at radius 3 is 2.00 bits per heavy atom. The van der Waals surface area contributed by atoms with E-state index in [9.17, 15) is 4.79 Å². The fraction of sp³-hybridized carbons (Fsp3) is 0. The van der Waals surface area contributed by atoms with Crippen molar-refractivity contribution in [1.29, 1.82) is 0 Å². The number of hydrogen-bond donors (Lipinski definition) is 3. The Bertz CT molecular complexity index is 308. The van der Waals surface area contributed by atoms with Crippen molar-refractivity contribution >= 4 is 10.4 Å². The quantitative estimate of drug-likeness (QED) is 0.458. The van der Waals surface area contributed by atoms with E-state index in [0.717, 1.165) is 0 Å². The summed E-state index contributed by atoms with van der Waals surface area (Å²) < 4.78 is 35.8. The van der Waals surface area contributed by atoms with E-state index < -0.39 is 16.2 Å². The van der Waals surface area contributed by atoms with Crippen LogP contribution in [0.4, 0.5) is 0 Å². The van der Waals surface area contributed by atoms with E-state index in [2.05, 4.69) is 9.40 Å². The van der Waals surface area contributed by atoms with Crippen LogP contribution < -0.4 is 5.76 Å². The summed E-state index contributed by atoms with van der Waals surface area (Å²) in [7, 11) is -4.67. The summed E-state index contributed by atoms with van der Waals surface area (Å²) in [6.07, 6.45) is 2.73. The molecule has 0 aliphatic heterocycles. The molecule has 11 heavy (non-hydrogen) atoms. The van der Waals surface area contributed by atoms with Crippen molar-refractivity contribution in [2.24, 2.45) is 0 Å². The van der Waals surface area contributed by atoms with Gasteiger partial charge in [0.25, 0.3) is 0 Å². The summed E-state index contributed by atoms with van der Waals surface area (Å²) in [5.74, 6) is -0.407. The van der Waals surface area contributed by atoms with Crippen LogP contribution in [0.5, 0.6) is 0 Å². The molecule has 7 nitrogen and oxygen atoms in total. The summed E-state index contributed by atoms with van der Waals surface area (Å²) >= 11 is 0. The molecule has 0 bridgehead atoms. The van der Waals surface area contributed by atoms with Crippen molar-refractivity contribution in [2.45, 2.75) is 0 Å². The van der Waals surface area contributed by atoms with Gasteiger partial charge >= 0.3 is 16.2 Å². The Balaban J connectivity index is 0.000000187. The van der Waals surface area contributed by atoms with Gasteiger partial charge in [0.05, 0.1) is 0 Å². The van der Waals surface area contributed by atoms with Gasteiger partial charge in [-0.1, -0.05) is 0 Å². The van der Waals surface area contributed by atoms with Crippen LogP contribution >= 0.6 is 0 Å². The van der Waals surface area contributed by atoms with E-state index in [0.29, 0.717) is 0 Å². The molecule has 0 aliphatic carbocycles. The van der Waals surface area contributed by atoms with Gasteiger partial charge in [0.2, 0.25) is 0 Å². The molecule has 1 aromatic heterocycles. The first-order chi connectivity index (χ1) is 4.89. The third-order valence-corrected chi connectivity index (χ3v) is 0.444. The Labute approximate surface area is 61.2 Å². The van der Waals surface area contributed by atoms with Gasteiger partial charge in [0.1, 0.15) is 6.26 Å². The second-order valence-corrected chi connectivity index (χ2v) is 2.20. The first-order valence-corrected chi connectivity index (χ1v) is 3.61. The molecule has 0 aromatic carbocycles. The fourth-order valence-corrected chi connectivity index (χ4v) is 0.232. The third-order valence-electron chi connectivity index (χ3n) is 0.444. The predicted octanol–water partition coefficient (Wildman–Crippen LogP) is -0.685. The largest absolute Gasteiger partial charge is 0.417 e. The van der Waals surface area contributed by atoms with Gasteiger partial charge in [0.15, 0.2) is 0 Å². The number of H-pyrrole nitrogens is 1. The highest BCUT2D eigenvalue weighted by atomic mass is 32.3. The van der Waals surface area contributed by atoms with Crippen LogP contribution in [0.1, 0.15) is 0 Å². The van der Waals surface area contributed by atoms with Gasteiger partial charge in [-0.05, 0) is 0 Å². The molecular formula is C3H5NO6S. The zero-order valence-electron chi connectivity index (χ0n) is 5.09. The summed E-state index contributed by atoms with van der Waals surface area (Å²) in [4.78, 5) is 12.1. The molecule has 0 atom stereocenters. The van der Waals surface area contributed by atoms with Crippen molar-refractivity contribution < 1.29 is 21.9 Å². The van der Waals surface area contributed by atoms with Crippen molar-refractivity contribution in [3.63, 3.8) is 0 Å². The van der Waals surface area contributed by atoms with E-state index in [-0.39, 0.29) is 0 Å². The second kappa shape index (κ2) is 3.91. The standard InChI is InChI=1S/C3H3NO2.H2O4S/c5-3-4-1-2-6-3;1-5(2,3)4/h1-2H,(H,4,5);(H2,1,2,3,4). The normalized spacial score (nSPS) is 10.0. The minimum atomic E-state index is -4.67. The molecule has 1 rings (SSSR count).